The monoisotopic (exact) mass is 293 g/mol. The molecule has 0 heterocycles. The average Bonchev–Trinajstić information content (AvgIpc) is 2.43. The van der Waals surface area contributed by atoms with E-state index in [1.54, 1.807) is 0 Å². The summed E-state index contributed by atoms with van der Waals surface area (Å²) in [6, 6.07) is 2.55. The summed E-state index contributed by atoms with van der Waals surface area (Å²) in [4.78, 5) is 0. The second-order valence-electron chi connectivity index (χ2n) is 4.32. The number of methoxy groups -OCH3 is 2. The van der Waals surface area contributed by atoms with Crippen LogP contribution in [0.3, 0.4) is 0 Å². The summed E-state index contributed by atoms with van der Waals surface area (Å²) in [6.45, 7) is 1.46. The molecule has 7 heteroatoms. The van der Waals surface area contributed by atoms with Gasteiger partial charge in [-0.25, -0.2) is 0 Å². The number of benzene rings is 1. The first-order valence-corrected chi connectivity index (χ1v) is 6.00. The Bertz CT molecular complexity index is 442. The maximum absolute atomic E-state index is 13.4. The molecule has 0 aromatic heterocycles. The highest BCUT2D eigenvalue weighted by atomic mass is 19.4. The second-order valence-corrected chi connectivity index (χ2v) is 4.32. The summed E-state index contributed by atoms with van der Waals surface area (Å²) in [5.74, 6) is -0.263. The number of alkyl halides is 3. The fourth-order valence-electron chi connectivity index (χ4n) is 2.06. The zero-order chi connectivity index (χ0) is 15.6. The maximum Gasteiger partial charge on any atom is 0.423 e. The topological polar surface area (TPSA) is 64.7 Å². The molecule has 0 aliphatic heterocycles. The predicted octanol–water partition coefficient (Wildman–Crippen LogP) is 2.19. The SMILES string of the molecule is CCC(N)C(O)(c1c(OC)cccc1OC)C(F)(F)F. The van der Waals surface area contributed by atoms with Crippen LogP contribution >= 0.6 is 0 Å². The van der Waals surface area contributed by atoms with Gasteiger partial charge >= 0.3 is 6.18 Å². The molecule has 0 radical (unpaired) electrons. The van der Waals surface area contributed by atoms with Gasteiger partial charge in [0.25, 0.3) is 0 Å². The van der Waals surface area contributed by atoms with E-state index in [0.29, 0.717) is 0 Å². The first-order chi connectivity index (χ1) is 9.23. The molecule has 2 unspecified atom stereocenters. The first-order valence-electron chi connectivity index (χ1n) is 6.00. The van der Waals surface area contributed by atoms with Gasteiger partial charge in [-0.2, -0.15) is 13.2 Å². The van der Waals surface area contributed by atoms with E-state index in [2.05, 4.69) is 0 Å². The van der Waals surface area contributed by atoms with Gasteiger partial charge in [-0.05, 0) is 18.6 Å². The lowest BCUT2D eigenvalue weighted by Crippen LogP contribution is -2.55. The molecule has 114 valence electrons. The average molecular weight is 293 g/mol. The van der Waals surface area contributed by atoms with E-state index in [4.69, 9.17) is 15.2 Å². The number of rotatable bonds is 5. The van der Waals surface area contributed by atoms with Gasteiger partial charge in [0.1, 0.15) is 11.5 Å². The number of hydrogen-bond acceptors (Lipinski definition) is 4. The molecule has 0 aliphatic rings. The van der Waals surface area contributed by atoms with Crippen molar-refractivity contribution in [2.45, 2.75) is 31.2 Å². The Morgan fingerprint density at radius 3 is 1.95 bits per heavy atom. The lowest BCUT2D eigenvalue weighted by Gasteiger charge is -2.37. The molecule has 1 aromatic rings. The maximum atomic E-state index is 13.4. The molecule has 0 amide bonds. The molecule has 20 heavy (non-hydrogen) atoms. The van der Waals surface area contributed by atoms with Crippen LogP contribution in [0, 0.1) is 0 Å². The van der Waals surface area contributed by atoms with Crippen LogP contribution in [-0.2, 0) is 5.60 Å². The molecule has 2 atom stereocenters. The van der Waals surface area contributed by atoms with Crippen molar-refractivity contribution < 1.29 is 27.8 Å². The van der Waals surface area contributed by atoms with E-state index in [1.165, 1.54) is 39.3 Å². The first kappa shape index (κ1) is 16.6. The molecule has 3 N–H and O–H groups in total. The molecular weight excluding hydrogens is 275 g/mol. The van der Waals surface area contributed by atoms with Gasteiger partial charge in [-0.3, -0.25) is 0 Å². The van der Waals surface area contributed by atoms with Crippen LogP contribution in [0.2, 0.25) is 0 Å². The standard InChI is InChI=1S/C13H18F3NO3/c1-4-10(17)12(18,13(14,15)16)11-8(19-2)6-5-7-9(11)20-3/h5-7,10,18H,4,17H2,1-3H3. The van der Waals surface area contributed by atoms with E-state index in [1.807, 2.05) is 0 Å². The van der Waals surface area contributed by atoms with Crippen LogP contribution in [0.25, 0.3) is 0 Å². The Hall–Kier alpha value is -1.47. The molecule has 1 aromatic carbocycles. The van der Waals surface area contributed by atoms with Gasteiger partial charge in [-0.15, -0.1) is 0 Å². The van der Waals surface area contributed by atoms with E-state index in [0.717, 1.165) is 0 Å². The Labute approximate surface area is 115 Å². The fraction of sp³-hybridized carbons (Fsp3) is 0.538. The molecule has 0 aliphatic carbocycles. The molecular formula is C13H18F3NO3. The minimum atomic E-state index is -4.97. The fourth-order valence-corrected chi connectivity index (χ4v) is 2.06. The quantitative estimate of drug-likeness (QED) is 0.873. The molecule has 0 spiro atoms. The minimum absolute atomic E-state index is 0.0722. The highest BCUT2D eigenvalue weighted by Gasteiger charge is 2.60. The zero-order valence-electron chi connectivity index (χ0n) is 11.5. The van der Waals surface area contributed by atoms with Crippen molar-refractivity contribution in [1.82, 2.24) is 0 Å². The third-order valence-corrected chi connectivity index (χ3v) is 3.22. The number of aliphatic hydroxyl groups is 1. The van der Waals surface area contributed by atoms with Crippen LogP contribution in [0.15, 0.2) is 18.2 Å². The summed E-state index contributed by atoms with van der Waals surface area (Å²) in [5.41, 5.74) is 1.78. The van der Waals surface area contributed by atoms with E-state index < -0.39 is 23.4 Å². The van der Waals surface area contributed by atoms with Gasteiger partial charge in [-0.1, -0.05) is 13.0 Å². The third kappa shape index (κ3) is 2.55. The van der Waals surface area contributed by atoms with Crippen LogP contribution in [-0.4, -0.2) is 31.5 Å². The summed E-state index contributed by atoms with van der Waals surface area (Å²) in [5, 5.41) is 10.3. The van der Waals surface area contributed by atoms with E-state index in [9.17, 15) is 18.3 Å². The molecule has 0 fully saturated rings. The summed E-state index contributed by atoms with van der Waals surface area (Å²) >= 11 is 0. The Kier molecular flexibility index (Phi) is 4.88. The van der Waals surface area contributed by atoms with Gasteiger partial charge in [0.15, 0.2) is 0 Å². The van der Waals surface area contributed by atoms with Gasteiger partial charge in [0, 0.05) is 6.04 Å². The molecule has 4 nitrogen and oxygen atoms in total. The minimum Gasteiger partial charge on any atom is -0.496 e. The molecule has 0 saturated heterocycles. The smallest absolute Gasteiger partial charge is 0.423 e. The molecule has 0 saturated carbocycles. The van der Waals surface area contributed by atoms with Crippen LogP contribution in [0.1, 0.15) is 18.9 Å². The van der Waals surface area contributed by atoms with Crippen LogP contribution in [0.4, 0.5) is 13.2 Å². The van der Waals surface area contributed by atoms with Crippen molar-refractivity contribution in [2.24, 2.45) is 5.73 Å². The summed E-state index contributed by atoms with van der Waals surface area (Å²) in [6.07, 6.45) is -5.04. The van der Waals surface area contributed by atoms with Crippen molar-refractivity contribution in [3.63, 3.8) is 0 Å². The number of nitrogens with two attached hydrogens (primary N) is 1. The number of halogens is 3. The van der Waals surface area contributed by atoms with Crippen LogP contribution in [0.5, 0.6) is 11.5 Å². The number of hydrogen-bond donors (Lipinski definition) is 2. The van der Waals surface area contributed by atoms with Crippen molar-refractivity contribution in [3.8, 4) is 11.5 Å². The van der Waals surface area contributed by atoms with Crippen molar-refractivity contribution in [1.29, 1.82) is 0 Å². The van der Waals surface area contributed by atoms with Gasteiger partial charge in [0.05, 0.1) is 19.8 Å². The Morgan fingerprint density at radius 1 is 1.20 bits per heavy atom. The predicted molar refractivity (Wildman–Crippen MR) is 67.8 cm³/mol. The zero-order valence-corrected chi connectivity index (χ0v) is 11.5. The number of ether oxygens (including phenoxy) is 2. The Balaban J connectivity index is 3.65. The lowest BCUT2D eigenvalue weighted by molar-refractivity contribution is -0.275. The normalized spacial score (nSPS) is 16.4. The van der Waals surface area contributed by atoms with Crippen molar-refractivity contribution in [2.75, 3.05) is 14.2 Å². The van der Waals surface area contributed by atoms with Gasteiger partial charge in [0.2, 0.25) is 5.60 Å². The highest BCUT2D eigenvalue weighted by molar-refractivity contribution is 5.50. The Morgan fingerprint density at radius 2 is 1.65 bits per heavy atom. The van der Waals surface area contributed by atoms with E-state index in [-0.39, 0.29) is 17.9 Å². The summed E-state index contributed by atoms with van der Waals surface area (Å²) < 4.78 is 50.1. The van der Waals surface area contributed by atoms with Crippen molar-refractivity contribution in [3.05, 3.63) is 23.8 Å². The lowest BCUT2D eigenvalue weighted by atomic mass is 9.83. The largest absolute Gasteiger partial charge is 0.496 e. The summed E-state index contributed by atoms with van der Waals surface area (Å²) in [7, 11) is 2.43. The third-order valence-electron chi connectivity index (χ3n) is 3.22. The molecule has 1 rings (SSSR count). The highest BCUT2D eigenvalue weighted by Crippen LogP contribution is 2.48. The second kappa shape index (κ2) is 5.88. The molecule has 0 bridgehead atoms. The van der Waals surface area contributed by atoms with E-state index >= 15 is 0 Å². The van der Waals surface area contributed by atoms with Crippen LogP contribution < -0.4 is 15.2 Å². The van der Waals surface area contributed by atoms with Crippen molar-refractivity contribution >= 4 is 0 Å². The van der Waals surface area contributed by atoms with Gasteiger partial charge < -0.3 is 20.3 Å².